The Morgan fingerprint density at radius 1 is 0.778 bits per heavy atom. The number of allylic oxidation sites excluding steroid dienone is 1. The fraction of sp³-hybridized carbons (Fsp3) is 0.371. The first-order valence-electron chi connectivity index (χ1n) is 14.1. The molecule has 3 atom stereocenters. The van der Waals surface area contributed by atoms with Crippen LogP contribution in [0.1, 0.15) is 54.9 Å². The van der Waals surface area contributed by atoms with E-state index >= 15 is 0 Å². The molecule has 0 N–H and O–H groups in total. The van der Waals surface area contributed by atoms with Crippen LogP contribution >= 0.6 is 0 Å². The third-order valence-electron chi connectivity index (χ3n) is 9.58. The van der Waals surface area contributed by atoms with Gasteiger partial charge in [-0.25, -0.2) is 0 Å². The summed E-state index contributed by atoms with van der Waals surface area (Å²) >= 11 is 0. The molecule has 1 heteroatoms. The molecule has 0 amide bonds. The lowest BCUT2D eigenvalue weighted by atomic mass is 9.72. The zero-order valence-electron chi connectivity index (χ0n) is 21.8. The molecule has 36 heavy (non-hydrogen) atoms. The molecular weight excluding hydrogens is 434 g/mol. The Labute approximate surface area is 215 Å². The lowest BCUT2D eigenvalue weighted by molar-refractivity contribution is 0.329. The molecule has 3 unspecified atom stereocenters. The van der Waals surface area contributed by atoms with Crippen molar-refractivity contribution < 1.29 is 0 Å². The number of likely N-dealkylation sites (N-methyl/N-ethyl adjacent to an activating group) is 1. The summed E-state index contributed by atoms with van der Waals surface area (Å²) in [7, 11) is 2.26. The van der Waals surface area contributed by atoms with Gasteiger partial charge in [0.05, 0.1) is 0 Å². The quantitative estimate of drug-likeness (QED) is 0.444. The third-order valence-corrected chi connectivity index (χ3v) is 9.58. The summed E-state index contributed by atoms with van der Waals surface area (Å²) in [5.41, 5.74) is 9.27. The Morgan fingerprint density at radius 3 is 2.50 bits per heavy atom. The number of fused-ring (bicyclic) bond motifs is 5. The van der Waals surface area contributed by atoms with Gasteiger partial charge in [0.15, 0.2) is 0 Å². The average molecular weight is 472 g/mol. The highest BCUT2D eigenvalue weighted by Gasteiger charge is 2.34. The van der Waals surface area contributed by atoms with E-state index in [4.69, 9.17) is 0 Å². The minimum absolute atomic E-state index is 0.753. The molecule has 0 spiro atoms. The van der Waals surface area contributed by atoms with Crippen molar-refractivity contribution in [2.45, 2.75) is 51.9 Å². The molecule has 1 fully saturated rings. The number of rotatable bonds is 2. The molecular formula is C35H37N. The Bertz CT molecular complexity index is 1590. The van der Waals surface area contributed by atoms with Gasteiger partial charge in [0.25, 0.3) is 0 Å². The van der Waals surface area contributed by atoms with Crippen LogP contribution in [-0.2, 0) is 19.3 Å². The van der Waals surface area contributed by atoms with Crippen LogP contribution in [0.5, 0.6) is 0 Å². The molecule has 0 aromatic heterocycles. The maximum Gasteiger partial charge on any atom is 0.0210 e. The fourth-order valence-corrected chi connectivity index (χ4v) is 7.69. The summed E-state index contributed by atoms with van der Waals surface area (Å²) in [5.74, 6) is 2.50. The Kier molecular flexibility index (Phi) is 5.42. The van der Waals surface area contributed by atoms with E-state index in [-0.39, 0.29) is 0 Å². The summed E-state index contributed by atoms with van der Waals surface area (Å²) in [4.78, 5) is 2.42. The molecule has 1 aliphatic heterocycles. The van der Waals surface area contributed by atoms with E-state index in [1.54, 1.807) is 16.7 Å². The van der Waals surface area contributed by atoms with Gasteiger partial charge in [0.1, 0.15) is 0 Å². The van der Waals surface area contributed by atoms with Crippen molar-refractivity contribution in [3.05, 3.63) is 110 Å². The van der Waals surface area contributed by atoms with Crippen molar-refractivity contribution >= 4 is 17.2 Å². The van der Waals surface area contributed by atoms with Gasteiger partial charge in [0.2, 0.25) is 0 Å². The van der Waals surface area contributed by atoms with E-state index in [1.807, 2.05) is 0 Å². The summed E-state index contributed by atoms with van der Waals surface area (Å²) in [5, 5.41) is 5.81. The van der Waals surface area contributed by atoms with Crippen molar-refractivity contribution in [1.82, 2.24) is 4.90 Å². The Balaban J connectivity index is 1.50. The summed E-state index contributed by atoms with van der Waals surface area (Å²) < 4.78 is 0. The van der Waals surface area contributed by atoms with Crippen LogP contribution in [0.25, 0.3) is 17.2 Å². The van der Waals surface area contributed by atoms with E-state index < -0.39 is 0 Å². The van der Waals surface area contributed by atoms with E-state index in [0.29, 0.717) is 0 Å². The second-order valence-corrected chi connectivity index (χ2v) is 11.9. The van der Waals surface area contributed by atoms with Gasteiger partial charge in [-0.05, 0) is 105 Å². The van der Waals surface area contributed by atoms with Crippen LogP contribution in [0.15, 0.2) is 66.9 Å². The van der Waals surface area contributed by atoms with Crippen LogP contribution in [0.4, 0.5) is 0 Å². The second kappa shape index (κ2) is 8.80. The van der Waals surface area contributed by atoms with Crippen LogP contribution < -0.4 is 10.4 Å². The van der Waals surface area contributed by atoms with Gasteiger partial charge in [-0.3, -0.25) is 0 Å². The number of nitrogens with zero attached hydrogens (tertiary/aromatic N) is 1. The minimum atomic E-state index is 0.753. The van der Waals surface area contributed by atoms with Crippen molar-refractivity contribution in [3.63, 3.8) is 0 Å². The van der Waals surface area contributed by atoms with Crippen LogP contribution in [0, 0.1) is 28.2 Å². The van der Waals surface area contributed by atoms with Crippen molar-refractivity contribution in [1.29, 1.82) is 0 Å². The molecule has 3 aromatic carbocycles. The normalized spacial score (nSPS) is 24.6. The van der Waals surface area contributed by atoms with Crippen LogP contribution in [0.2, 0.25) is 0 Å². The summed E-state index contributed by atoms with van der Waals surface area (Å²) in [6.45, 7) is 3.55. The summed E-state index contributed by atoms with van der Waals surface area (Å²) in [6, 6.07) is 23.1. The van der Waals surface area contributed by atoms with Crippen molar-refractivity contribution in [3.8, 4) is 0 Å². The lowest BCUT2D eigenvalue weighted by Gasteiger charge is -2.32. The SMILES string of the molecule is CC1CCC(C2CC(C3=CN(C)CCc4ccccc43)=c3ccc4c(c3C2)CC=c2ccccc2=4)C1. The molecule has 1 nitrogen and oxygen atoms in total. The molecule has 4 aliphatic rings. The van der Waals surface area contributed by atoms with Gasteiger partial charge in [-0.15, -0.1) is 0 Å². The van der Waals surface area contributed by atoms with E-state index in [9.17, 15) is 0 Å². The number of hydrogen-bond acceptors (Lipinski definition) is 1. The third kappa shape index (κ3) is 3.67. The standard InChI is InChI=1S/C35H37N/c1-23-11-12-26(19-23)27-20-33-31-14-13-24-7-3-5-9-28(24)30(31)15-16-32(33)34(21-27)35-22-36(2)18-17-25-8-4-6-10-29(25)35/h3-10,13,15-16,22-23,26-27H,11-12,14,17-21H2,1-2H3. The van der Waals surface area contributed by atoms with Gasteiger partial charge < -0.3 is 4.90 Å². The summed E-state index contributed by atoms with van der Waals surface area (Å²) in [6.07, 6.45) is 13.8. The van der Waals surface area contributed by atoms with Gasteiger partial charge in [-0.1, -0.05) is 80.1 Å². The molecule has 0 bridgehead atoms. The van der Waals surface area contributed by atoms with Crippen molar-refractivity contribution in [2.24, 2.45) is 17.8 Å². The molecule has 7 rings (SSSR count). The molecule has 0 saturated heterocycles. The largest absolute Gasteiger partial charge is 0.380 e. The maximum absolute atomic E-state index is 2.48. The molecule has 3 aromatic rings. The topological polar surface area (TPSA) is 3.24 Å². The van der Waals surface area contributed by atoms with Crippen LogP contribution in [0.3, 0.4) is 0 Å². The molecule has 182 valence electrons. The number of hydrogen-bond donors (Lipinski definition) is 0. The Hall–Kier alpha value is -3.06. The zero-order chi connectivity index (χ0) is 24.2. The fourth-order valence-electron chi connectivity index (χ4n) is 7.69. The van der Waals surface area contributed by atoms with E-state index in [0.717, 1.165) is 37.1 Å². The molecule has 0 radical (unpaired) electrons. The molecule has 3 aliphatic carbocycles. The highest BCUT2D eigenvalue weighted by Crippen LogP contribution is 2.44. The highest BCUT2D eigenvalue weighted by atomic mass is 15.1. The van der Waals surface area contributed by atoms with Crippen LogP contribution in [-0.4, -0.2) is 18.5 Å². The minimum Gasteiger partial charge on any atom is -0.380 e. The monoisotopic (exact) mass is 471 g/mol. The molecule has 1 heterocycles. The highest BCUT2D eigenvalue weighted by molar-refractivity contribution is 5.99. The first kappa shape index (κ1) is 22.2. The van der Waals surface area contributed by atoms with Gasteiger partial charge in [-0.2, -0.15) is 0 Å². The van der Waals surface area contributed by atoms with Gasteiger partial charge in [0, 0.05) is 25.4 Å². The van der Waals surface area contributed by atoms with Gasteiger partial charge >= 0.3 is 0 Å². The first-order chi connectivity index (χ1) is 17.7. The first-order valence-corrected chi connectivity index (χ1v) is 14.1. The maximum atomic E-state index is 2.48. The number of benzene rings is 3. The zero-order valence-corrected chi connectivity index (χ0v) is 21.8. The van der Waals surface area contributed by atoms with E-state index in [1.165, 1.54) is 69.7 Å². The second-order valence-electron chi connectivity index (χ2n) is 11.9. The Morgan fingerprint density at radius 2 is 1.61 bits per heavy atom. The molecule has 1 saturated carbocycles. The lowest BCUT2D eigenvalue weighted by Crippen LogP contribution is -2.30. The predicted octanol–water partition coefficient (Wildman–Crippen LogP) is 5.99. The van der Waals surface area contributed by atoms with Crippen molar-refractivity contribution in [2.75, 3.05) is 13.6 Å². The smallest absolute Gasteiger partial charge is 0.0210 e. The van der Waals surface area contributed by atoms with E-state index in [2.05, 4.69) is 91.8 Å². The predicted molar refractivity (Wildman–Crippen MR) is 150 cm³/mol. The average Bonchev–Trinajstić information content (AvgIpc) is 3.28.